The summed E-state index contributed by atoms with van der Waals surface area (Å²) in [5.41, 5.74) is 1.27. The fourth-order valence-electron chi connectivity index (χ4n) is 2.43. The molecule has 1 unspecified atom stereocenters. The van der Waals surface area contributed by atoms with Gasteiger partial charge in [0.25, 0.3) is 0 Å². The molecule has 5 nitrogen and oxygen atoms in total. The maximum Gasteiger partial charge on any atom is 0.411 e. The molecule has 1 aromatic carbocycles. The van der Waals surface area contributed by atoms with Crippen molar-refractivity contribution < 1.29 is 14.3 Å². The minimum absolute atomic E-state index is 0.173. The highest BCUT2D eigenvalue weighted by Crippen LogP contribution is 2.34. The van der Waals surface area contributed by atoms with E-state index in [1.807, 2.05) is 52.0 Å². The number of amides is 2. The second-order valence-electron chi connectivity index (χ2n) is 6.10. The molecule has 0 radical (unpaired) electrons. The molecular formula is C16H22N2O3. The Labute approximate surface area is 125 Å². The molecule has 1 aliphatic rings. The molecule has 5 heteroatoms. The lowest BCUT2D eigenvalue weighted by atomic mass is 10.0. The highest BCUT2D eigenvalue weighted by molar-refractivity contribution is 5.88. The molecular weight excluding hydrogens is 268 g/mol. The second kappa shape index (κ2) is 5.76. The number of nitrogens with zero attached hydrogens (tertiary/aromatic N) is 1. The lowest BCUT2D eigenvalue weighted by molar-refractivity contribution is -0.126. The number of fused-ring (bicyclic) bond motifs is 1. The Balaban J connectivity index is 2.29. The van der Waals surface area contributed by atoms with Crippen molar-refractivity contribution in [2.45, 2.75) is 45.9 Å². The first-order valence-corrected chi connectivity index (χ1v) is 7.18. The van der Waals surface area contributed by atoms with Gasteiger partial charge in [0.15, 0.2) is 0 Å². The van der Waals surface area contributed by atoms with E-state index in [1.54, 1.807) is 0 Å². The van der Waals surface area contributed by atoms with Crippen LogP contribution in [0.1, 0.15) is 44.9 Å². The van der Waals surface area contributed by atoms with Crippen LogP contribution in [0.15, 0.2) is 24.3 Å². The number of likely N-dealkylation sites (N-methyl/N-ethyl adjacent to an activating group) is 1. The number of hydrogen-bond donors (Lipinski definition) is 1. The Morgan fingerprint density at radius 1 is 1.33 bits per heavy atom. The summed E-state index contributed by atoms with van der Waals surface area (Å²) in [6.07, 6.45) is -0.463. The Morgan fingerprint density at radius 2 is 2.00 bits per heavy atom. The van der Waals surface area contributed by atoms with E-state index in [4.69, 9.17) is 4.74 Å². The summed E-state index contributed by atoms with van der Waals surface area (Å²) >= 11 is 0. The van der Waals surface area contributed by atoms with Gasteiger partial charge in [0, 0.05) is 6.54 Å². The van der Waals surface area contributed by atoms with Crippen molar-refractivity contribution in [2.75, 3.05) is 6.54 Å². The van der Waals surface area contributed by atoms with Gasteiger partial charge < -0.3 is 10.1 Å². The van der Waals surface area contributed by atoms with Crippen LogP contribution in [0.4, 0.5) is 4.79 Å². The Bertz CT molecular complexity index is 549. The van der Waals surface area contributed by atoms with Crippen LogP contribution in [0, 0.1) is 0 Å². The van der Waals surface area contributed by atoms with Gasteiger partial charge in [-0.3, -0.25) is 9.69 Å². The summed E-state index contributed by atoms with van der Waals surface area (Å²) in [4.78, 5) is 26.2. The van der Waals surface area contributed by atoms with Crippen LogP contribution >= 0.6 is 0 Å². The van der Waals surface area contributed by atoms with E-state index >= 15 is 0 Å². The average molecular weight is 290 g/mol. The smallest absolute Gasteiger partial charge is 0.411 e. The topological polar surface area (TPSA) is 58.6 Å². The van der Waals surface area contributed by atoms with Gasteiger partial charge in [0.1, 0.15) is 11.6 Å². The number of carbonyl (C=O) groups excluding carboxylic acids is 2. The monoisotopic (exact) mass is 290 g/mol. The maximum absolute atomic E-state index is 12.4. The first kappa shape index (κ1) is 15.4. The molecule has 1 aromatic rings. The van der Waals surface area contributed by atoms with Crippen molar-refractivity contribution in [3.8, 4) is 0 Å². The highest BCUT2D eigenvalue weighted by atomic mass is 16.6. The van der Waals surface area contributed by atoms with Crippen molar-refractivity contribution in [1.82, 2.24) is 10.2 Å². The first-order chi connectivity index (χ1) is 9.83. The summed E-state index contributed by atoms with van der Waals surface area (Å²) < 4.78 is 5.42. The zero-order valence-corrected chi connectivity index (χ0v) is 13.0. The van der Waals surface area contributed by atoms with Gasteiger partial charge in [0.2, 0.25) is 5.91 Å². The Morgan fingerprint density at radius 3 is 2.62 bits per heavy atom. The van der Waals surface area contributed by atoms with Crippen LogP contribution in [0.25, 0.3) is 0 Å². The van der Waals surface area contributed by atoms with E-state index in [0.29, 0.717) is 13.1 Å². The molecule has 0 saturated heterocycles. The van der Waals surface area contributed by atoms with E-state index in [1.165, 1.54) is 4.90 Å². The van der Waals surface area contributed by atoms with Crippen molar-refractivity contribution in [3.63, 3.8) is 0 Å². The van der Waals surface area contributed by atoms with Gasteiger partial charge in [-0.25, -0.2) is 4.79 Å². The molecule has 114 valence electrons. The summed E-state index contributed by atoms with van der Waals surface area (Å²) in [5, 5.41) is 2.79. The fourth-order valence-corrected chi connectivity index (χ4v) is 2.43. The van der Waals surface area contributed by atoms with E-state index in [2.05, 4.69) is 5.32 Å². The van der Waals surface area contributed by atoms with Gasteiger partial charge in [-0.15, -0.1) is 0 Å². The third kappa shape index (κ3) is 3.35. The minimum atomic E-state index is -0.615. The van der Waals surface area contributed by atoms with Crippen molar-refractivity contribution in [3.05, 3.63) is 35.4 Å². The number of ether oxygens (including phenoxy) is 1. The van der Waals surface area contributed by atoms with Gasteiger partial charge in [0.05, 0.1) is 6.54 Å². The lowest BCUT2D eigenvalue weighted by Crippen LogP contribution is -2.42. The molecule has 0 fully saturated rings. The summed E-state index contributed by atoms with van der Waals surface area (Å²) in [7, 11) is 0. The number of carbonyl (C=O) groups is 2. The van der Waals surface area contributed by atoms with Crippen LogP contribution in [0.2, 0.25) is 0 Å². The number of hydrogen-bond acceptors (Lipinski definition) is 3. The minimum Gasteiger partial charge on any atom is -0.444 e. The Hall–Kier alpha value is -2.04. The molecule has 2 rings (SSSR count). The third-order valence-corrected chi connectivity index (χ3v) is 3.23. The van der Waals surface area contributed by atoms with Gasteiger partial charge in [-0.1, -0.05) is 24.3 Å². The molecule has 1 heterocycles. The van der Waals surface area contributed by atoms with Crippen LogP contribution in [-0.2, 0) is 16.1 Å². The zero-order valence-electron chi connectivity index (χ0n) is 13.0. The highest BCUT2D eigenvalue weighted by Gasteiger charge is 2.39. The van der Waals surface area contributed by atoms with Gasteiger partial charge >= 0.3 is 6.09 Å². The van der Waals surface area contributed by atoms with E-state index in [9.17, 15) is 9.59 Å². The normalized spacial score (nSPS) is 17.3. The van der Waals surface area contributed by atoms with Crippen LogP contribution in [0.3, 0.4) is 0 Å². The van der Waals surface area contributed by atoms with E-state index < -0.39 is 17.7 Å². The van der Waals surface area contributed by atoms with Gasteiger partial charge in [-0.2, -0.15) is 0 Å². The SMILES string of the molecule is CCNC(=O)C1c2ccccc2CN1C(=O)OC(C)(C)C. The molecule has 1 N–H and O–H groups in total. The molecule has 1 atom stereocenters. The van der Waals surface area contributed by atoms with Crippen molar-refractivity contribution >= 4 is 12.0 Å². The van der Waals surface area contributed by atoms with Crippen LogP contribution < -0.4 is 5.32 Å². The average Bonchev–Trinajstić information content (AvgIpc) is 2.76. The number of benzene rings is 1. The van der Waals surface area contributed by atoms with E-state index in [0.717, 1.165) is 11.1 Å². The molecule has 0 spiro atoms. The number of nitrogens with one attached hydrogen (secondary N) is 1. The molecule has 0 saturated carbocycles. The zero-order chi connectivity index (χ0) is 15.6. The van der Waals surface area contributed by atoms with Crippen LogP contribution in [0.5, 0.6) is 0 Å². The van der Waals surface area contributed by atoms with Crippen molar-refractivity contribution in [2.24, 2.45) is 0 Å². The first-order valence-electron chi connectivity index (χ1n) is 7.18. The largest absolute Gasteiger partial charge is 0.444 e. The lowest BCUT2D eigenvalue weighted by Gasteiger charge is -2.28. The molecule has 1 aliphatic heterocycles. The van der Waals surface area contributed by atoms with Crippen LogP contribution in [-0.4, -0.2) is 29.0 Å². The van der Waals surface area contributed by atoms with E-state index in [-0.39, 0.29) is 5.91 Å². The molecule has 21 heavy (non-hydrogen) atoms. The maximum atomic E-state index is 12.4. The summed E-state index contributed by atoms with van der Waals surface area (Å²) in [6.45, 7) is 8.23. The molecule has 2 amide bonds. The third-order valence-electron chi connectivity index (χ3n) is 3.23. The second-order valence-corrected chi connectivity index (χ2v) is 6.10. The summed E-state index contributed by atoms with van der Waals surface area (Å²) in [5.74, 6) is -0.173. The molecule has 0 bridgehead atoms. The fraction of sp³-hybridized carbons (Fsp3) is 0.500. The predicted octanol–water partition coefficient (Wildman–Crippen LogP) is 2.61. The quantitative estimate of drug-likeness (QED) is 0.911. The summed E-state index contributed by atoms with van der Waals surface area (Å²) in [6, 6.07) is 7.00. The number of rotatable bonds is 2. The molecule has 0 aliphatic carbocycles. The Kier molecular flexibility index (Phi) is 4.21. The standard InChI is InChI=1S/C16H22N2O3/c1-5-17-14(19)13-12-9-7-6-8-11(12)10-18(13)15(20)21-16(2,3)4/h6-9,13H,5,10H2,1-4H3,(H,17,19). The molecule has 0 aromatic heterocycles. The van der Waals surface area contributed by atoms with Crippen molar-refractivity contribution in [1.29, 1.82) is 0 Å². The predicted molar refractivity (Wildman–Crippen MR) is 79.6 cm³/mol. The van der Waals surface area contributed by atoms with Gasteiger partial charge in [-0.05, 0) is 38.8 Å².